The standard InChI is InChI=1S/C33H54N2O5/c1-6-7-8-9-10-11-12-13-14-15-22-40-30(36)25-28-31(37)34-20-21-35(28)32(38)33(4,5)19-16-23-39-29-24-26(2)17-18-27(29)3/h17-18,24,28H,6-16,19-23,25H2,1-5H3,(H,34,37). The number of amides is 2. The van der Waals surface area contributed by atoms with Gasteiger partial charge in [0.1, 0.15) is 11.8 Å². The van der Waals surface area contributed by atoms with Crippen LogP contribution in [0.25, 0.3) is 0 Å². The van der Waals surface area contributed by atoms with Crippen LogP contribution in [0.2, 0.25) is 0 Å². The largest absolute Gasteiger partial charge is 0.493 e. The van der Waals surface area contributed by atoms with Crippen LogP contribution in [-0.4, -0.2) is 55.0 Å². The quantitative estimate of drug-likeness (QED) is 0.151. The van der Waals surface area contributed by atoms with E-state index in [9.17, 15) is 14.4 Å². The number of unbranched alkanes of at least 4 members (excludes halogenated alkanes) is 9. The number of nitrogens with one attached hydrogen (secondary N) is 1. The molecule has 0 aliphatic carbocycles. The third-order valence-corrected chi connectivity index (χ3v) is 7.84. The van der Waals surface area contributed by atoms with Crippen molar-refractivity contribution in [1.29, 1.82) is 0 Å². The second-order valence-electron chi connectivity index (χ2n) is 12.0. The second kappa shape index (κ2) is 18.0. The maximum Gasteiger partial charge on any atom is 0.308 e. The van der Waals surface area contributed by atoms with E-state index in [1.807, 2.05) is 39.8 Å². The number of benzene rings is 1. The molecule has 1 aliphatic heterocycles. The van der Waals surface area contributed by atoms with Gasteiger partial charge in [-0.3, -0.25) is 14.4 Å². The molecule has 1 heterocycles. The third-order valence-electron chi connectivity index (χ3n) is 7.84. The van der Waals surface area contributed by atoms with Crippen molar-refractivity contribution >= 4 is 17.8 Å². The highest BCUT2D eigenvalue weighted by Crippen LogP contribution is 2.28. The summed E-state index contributed by atoms with van der Waals surface area (Å²) in [6.07, 6.45) is 13.3. The molecule has 1 atom stereocenters. The van der Waals surface area contributed by atoms with Gasteiger partial charge in [0.2, 0.25) is 11.8 Å². The predicted octanol–water partition coefficient (Wildman–Crippen LogP) is 6.67. The van der Waals surface area contributed by atoms with Gasteiger partial charge in [0.15, 0.2) is 0 Å². The normalized spacial score (nSPS) is 15.6. The number of carbonyl (C=O) groups excluding carboxylic acids is 3. The minimum absolute atomic E-state index is 0.110. The minimum atomic E-state index is -0.827. The van der Waals surface area contributed by atoms with Gasteiger partial charge in [-0.25, -0.2) is 0 Å². The zero-order valence-electron chi connectivity index (χ0n) is 25.8. The molecule has 1 saturated heterocycles. The molecule has 1 N–H and O–H groups in total. The van der Waals surface area contributed by atoms with Crippen molar-refractivity contribution in [3.05, 3.63) is 29.3 Å². The molecule has 1 fully saturated rings. The Bertz CT molecular complexity index is 929. The van der Waals surface area contributed by atoms with Crippen LogP contribution in [0.15, 0.2) is 18.2 Å². The Morgan fingerprint density at radius 3 is 2.27 bits per heavy atom. The molecule has 40 heavy (non-hydrogen) atoms. The third kappa shape index (κ3) is 11.9. The Morgan fingerprint density at radius 2 is 1.60 bits per heavy atom. The zero-order chi connectivity index (χ0) is 29.4. The summed E-state index contributed by atoms with van der Waals surface area (Å²) in [6.45, 7) is 11.8. The van der Waals surface area contributed by atoms with E-state index >= 15 is 0 Å². The number of carbonyl (C=O) groups is 3. The molecule has 0 aromatic heterocycles. The molecule has 0 saturated carbocycles. The number of rotatable bonds is 19. The monoisotopic (exact) mass is 558 g/mol. The van der Waals surface area contributed by atoms with E-state index in [1.54, 1.807) is 4.90 Å². The molecule has 2 rings (SSSR count). The van der Waals surface area contributed by atoms with Crippen LogP contribution in [0, 0.1) is 19.3 Å². The number of hydrogen-bond acceptors (Lipinski definition) is 5. The van der Waals surface area contributed by atoms with Crippen molar-refractivity contribution in [2.45, 2.75) is 124 Å². The lowest BCUT2D eigenvalue weighted by Gasteiger charge is -2.39. The highest BCUT2D eigenvalue weighted by atomic mass is 16.5. The van der Waals surface area contributed by atoms with E-state index < -0.39 is 17.4 Å². The highest BCUT2D eigenvalue weighted by molar-refractivity contribution is 5.93. The summed E-state index contributed by atoms with van der Waals surface area (Å²) >= 11 is 0. The second-order valence-corrected chi connectivity index (χ2v) is 12.0. The van der Waals surface area contributed by atoms with Gasteiger partial charge in [0, 0.05) is 18.5 Å². The number of hydrogen-bond donors (Lipinski definition) is 1. The number of esters is 1. The molecule has 1 aliphatic rings. The average Bonchev–Trinajstić information content (AvgIpc) is 2.92. The molecule has 2 amide bonds. The minimum Gasteiger partial charge on any atom is -0.493 e. The summed E-state index contributed by atoms with van der Waals surface area (Å²) in [5, 5.41) is 2.81. The van der Waals surface area contributed by atoms with Crippen LogP contribution < -0.4 is 10.1 Å². The van der Waals surface area contributed by atoms with Gasteiger partial charge in [-0.05, 0) is 50.3 Å². The zero-order valence-corrected chi connectivity index (χ0v) is 25.8. The maximum absolute atomic E-state index is 13.5. The van der Waals surface area contributed by atoms with E-state index in [0.717, 1.165) is 36.1 Å². The van der Waals surface area contributed by atoms with E-state index in [2.05, 4.69) is 18.3 Å². The number of piperazine rings is 1. The molecule has 0 radical (unpaired) electrons. The first-order valence-corrected chi connectivity index (χ1v) is 15.6. The lowest BCUT2D eigenvalue weighted by atomic mass is 9.85. The van der Waals surface area contributed by atoms with Gasteiger partial charge in [0.05, 0.1) is 19.6 Å². The van der Waals surface area contributed by atoms with Crippen LogP contribution in [0.3, 0.4) is 0 Å². The Kier molecular flexibility index (Phi) is 15.1. The molecular weight excluding hydrogens is 504 g/mol. The summed E-state index contributed by atoms with van der Waals surface area (Å²) in [5.41, 5.74) is 1.55. The molecule has 1 unspecified atom stereocenters. The molecule has 226 valence electrons. The van der Waals surface area contributed by atoms with Gasteiger partial charge in [0.25, 0.3) is 0 Å². The molecule has 1 aromatic carbocycles. The summed E-state index contributed by atoms with van der Waals surface area (Å²) in [6, 6.07) is 5.30. The van der Waals surface area contributed by atoms with Gasteiger partial charge in [-0.1, -0.05) is 90.7 Å². The number of ether oxygens (including phenoxy) is 2. The van der Waals surface area contributed by atoms with E-state index in [-0.39, 0.29) is 18.2 Å². The summed E-state index contributed by atoms with van der Waals surface area (Å²) in [7, 11) is 0. The summed E-state index contributed by atoms with van der Waals surface area (Å²) in [5.74, 6) is 0.0508. The van der Waals surface area contributed by atoms with Gasteiger partial charge in [-0.15, -0.1) is 0 Å². The Labute approximate surface area is 242 Å². The van der Waals surface area contributed by atoms with Gasteiger partial charge >= 0.3 is 5.97 Å². The first-order valence-electron chi connectivity index (χ1n) is 15.6. The Hall–Kier alpha value is -2.57. The van der Waals surface area contributed by atoms with Gasteiger partial charge < -0.3 is 19.7 Å². The van der Waals surface area contributed by atoms with Crippen molar-refractivity contribution in [1.82, 2.24) is 10.2 Å². The van der Waals surface area contributed by atoms with Crippen molar-refractivity contribution in [3.8, 4) is 5.75 Å². The first kappa shape index (κ1) is 33.6. The van der Waals surface area contributed by atoms with E-state index in [0.29, 0.717) is 39.1 Å². The highest BCUT2D eigenvalue weighted by Gasteiger charge is 2.40. The fourth-order valence-electron chi connectivity index (χ4n) is 5.21. The van der Waals surface area contributed by atoms with Crippen molar-refractivity contribution < 1.29 is 23.9 Å². The first-order chi connectivity index (χ1) is 19.2. The topological polar surface area (TPSA) is 84.9 Å². The summed E-state index contributed by atoms with van der Waals surface area (Å²) in [4.78, 5) is 40.4. The smallest absolute Gasteiger partial charge is 0.308 e. The average molecular weight is 559 g/mol. The molecule has 7 nitrogen and oxygen atoms in total. The molecule has 0 bridgehead atoms. The van der Waals surface area contributed by atoms with Crippen LogP contribution in [-0.2, 0) is 19.1 Å². The Morgan fingerprint density at radius 1 is 0.950 bits per heavy atom. The maximum atomic E-state index is 13.5. The van der Waals surface area contributed by atoms with Crippen LogP contribution in [0.4, 0.5) is 0 Å². The number of nitrogens with zero attached hydrogens (tertiary/aromatic N) is 1. The van der Waals surface area contributed by atoms with Gasteiger partial charge in [-0.2, -0.15) is 0 Å². The lowest BCUT2D eigenvalue weighted by Crippen LogP contribution is -2.60. The van der Waals surface area contributed by atoms with Crippen molar-refractivity contribution in [2.75, 3.05) is 26.3 Å². The molecule has 1 aromatic rings. The fourth-order valence-corrected chi connectivity index (χ4v) is 5.21. The predicted molar refractivity (Wildman–Crippen MR) is 160 cm³/mol. The lowest BCUT2D eigenvalue weighted by molar-refractivity contribution is -0.155. The fraction of sp³-hybridized carbons (Fsp3) is 0.727. The van der Waals surface area contributed by atoms with Crippen LogP contribution in [0.1, 0.15) is 115 Å². The molecule has 7 heteroatoms. The van der Waals surface area contributed by atoms with Crippen LogP contribution >= 0.6 is 0 Å². The summed E-state index contributed by atoms with van der Waals surface area (Å²) < 4.78 is 11.4. The Balaban J connectivity index is 1.73. The van der Waals surface area contributed by atoms with Crippen molar-refractivity contribution in [2.24, 2.45) is 5.41 Å². The van der Waals surface area contributed by atoms with Crippen molar-refractivity contribution in [3.63, 3.8) is 0 Å². The molecular formula is C33H54N2O5. The van der Waals surface area contributed by atoms with E-state index in [4.69, 9.17) is 9.47 Å². The SMILES string of the molecule is CCCCCCCCCCCCOC(=O)CC1C(=O)NCCN1C(=O)C(C)(C)CCCOc1cc(C)ccc1C. The number of aryl methyl sites for hydroxylation is 2. The van der Waals surface area contributed by atoms with E-state index in [1.165, 1.54) is 44.9 Å². The molecule has 0 spiro atoms. The van der Waals surface area contributed by atoms with Crippen LogP contribution in [0.5, 0.6) is 5.75 Å².